The van der Waals surface area contributed by atoms with Crippen LogP contribution in [-0.2, 0) is 0 Å². The highest BCUT2D eigenvalue weighted by Gasteiger charge is 2.06. The molecule has 0 aliphatic rings. The quantitative estimate of drug-likeness (QED) is 0.707. The molecule has 1 aromatic heterocycles. The van der Waals surface area contributed by atoms with Gasteiger partial charge >= 0.3 is 0 Å². The summed E-state index contributed by atoms with van der Waals surface area (Å²) in [6.07, 6.45) is 1.83. The molecule has 0 atom stereocenters. The molecule has 0 N–H and O–H groups in total. The average molecular weight is 343 g/mol. The van der Waals surface area contributed by atoms with Crippen molar-refractivity contribution in [3.8, 4) is 5.69 Å². The lowest BCUT2D eigenvalue weighted by Crippen LogP contribution is -2.18. The Morgan fingerprint density at radius 3 is 2.57 bits per heavy atom. The van der Waals surface area contributed by atoms with Crippen molar-refractivity contribution >= 4 is 32.4 Å². The maximum atomic E-state index is 12.7. The van der Waals surface area contributed by atoms with Crippen molar-refractivity contribution in [1.82, 2.24) is 4.57 Å². The van der Waals surface area contributed by atoms with Gasteiger partial charge in [0.1, 0.15) is 0 Å². The first-order valence-corrected chi connectivity index (χ1v) is 7.44. The molecule has 0 fully saturated rings. The molecule has 106 valence electrons. The van der Waals surface area contributed by atoms with Crippen LogP contribution >= 0.6 is 15.9 Å². The number of rotatable bonds is 2. The van der Waals surface area contributed by atoms with Crippen LogP contribution in [0.3, 0.4) is 0 Å². The topological polar surface area (TPSA) is 25.2 Å². The number of benzene rings is 2. The van der Waals surface area contributed by atoms with E-state index >= 15 is 0 Å². The van der Waals surface area contributed by atoms with Gasteiger partial charge in [-0.1, -0.05) is 22.0 Å². The third-order valence-corrected chi connectivity index (χ3v) is 3.98. The molecular formula is C17H15BrN2O. The summed E-state index contributed by atoms with van der Waals surface area (Å²) in [5.74, 6) is 0. The van der Waals surface area contributed by atoms with Gasteiger partial charge in [0.2, 0.25) is 0 Å². The fourth-order valence-corrected chi connectivity index (χ4v) is 2.73. The number of hydrogen-bond donors (Lipinski definition) is 0. The first-order valence-electron chi connectivity index (χ1n) is 6.65. The molecule has 0 spiro atoms. The standard InChI is InChI=1S/C17H15BrN2O/c1-19(2)14-6-7-16-12(10-14)8-9-20(17(16)21)15-5-3-4-13(18)11-15/h3-11H,1-2H3. The Morgan fingerprint density at radius 2 is 1.86 bits per heavy atom. The number of fused-ring (bicyclic) bond motifs is 1. The second-order valence-electron chi connectivity index (χ2n) is 5.14. The first-order chi connectivity index (χ1) is 10.1. The van der Waals surface area contributed by atoms with Gasteiger partial charge in [-0.3, -0.25) is 9.36 Å². The Balaban J connectivity index is 2.21. The molecule has 3 nitrogen and oxygen atoms in total. The lowest BCUT2D eigenvalue weighted by atomic mass is 10.1. The van der Waals surface area contributed by atoms with Crippen LogP contribution in [0, 0.1) is 0 Å². The van der Waals surface area contributed by atoms with Gasteiger partial charge in [-0.2, -0.15) is 0 Å². The highest BCUT2D eigenvalue weighted by atomic mass is 79.9. The van der Waals surface area contributed by atoms with Gasteiger partial charge < -0.3 is 4.90 Å². The van der Waals surface area contributed by atoms with Crippen molar-refractivity contribution in [1.29, 1.82) is 0 Å². The number of halogens is 1. The summed E-state index contributed by atoms with van der Waals surface area (Å²) in [6.45, 7) is 0. The molecule has 0 saturated carbocycles. The average Bonchev–Trinajstić information content (AvgIpc) is 2.47. The molecule has 0 aliphatic heterocycles. The summed E-state index contributed by atoms with van der Waals surface area (Å²) in [5, 5.41) is 1.68. The first kappa shape index (κ1) is 13.9. The van der Waals surface area contributed by atoms with Crippen LogP contribution in [0.5, 0.6) is 0 Å². The summed E-state index contributed by atoms with van der Waals surface area (Å²) >= 11 is 3.44. The van der Waals surface area contributed by atoms with Crippen molar-refractivity contribution in [3.05, 3.63) is 69.6 Å². The molecule has 0 radical (unpaired) electrons. The van der Waals surface area contributed by atoms with Crippen LogP contribution in [0.1, 0.15) is 0 Å². The highest BCUT2D eigenvalue weighted by Crippen LogP contribution is 2.20. The summed E-state index contributed by atoms with van der Waals surface area (Å²) in [7, 11) is 3.98. The molecule has 0 unspecified atom stereocenters. The molecule has 2 aromatic carbocycles. The van der Waals surface area contributed by atoms with Crippen LogP contribution in [0.25, 0.3) is 16.5 Å². The van der Waals surface area contributed by atoms with E-state index in [1.165, 1.54) is 0 Å². The lowest BCUT2D eigenvalue weighted by molar-refractivity contribution is 1.01. The number of pyridine rings is 1. The Labute approximate surface area is 131 Å². The van der Waals surface area contributed by atoms with Gasteiger partial charge in [0.25, 0.3) is 5.56 Å². The van der Waals surface area contributed by atoms with Gasteiger partial charge in [0.05, 0.1) is 0 Å². The summed E-state index contributed by atoms with van der Waals surface area (Å²) in [5.41, 5.74) is 1.94. The third kappa shape index (κ3) is 2.59. The summed E-state index contributed by atoms with van der Waals surface area (Å²) in [6, 6.07) is 15.6. The van der Waals surface area contributed by atoms with E-state index in [1.807, 2.05) is 73.7 Å². The van der Waals surface area contributed by atoms with Crippen LogP contribution in [-0.4, -0.2) is 18.7 Å². The monoisotopic (exact) mass is 342 g/mol. The molecule has 0 aliphatic carbocycles. The predicted molar refractivity (Wildman–Crippen MR) is 91.6 cm³/mol. The number of anilines is 1. The fraction of sp³-hybridized carbons (Fsp3) is 0.118. The molecule has 0 bridgehead atoms. The molecule has 0 saturated heterocycles. The van der Waals surface area contributed by atoms with E-state index < -0.39 is 0 Å². The maximum absolute atomic E-state index is 12.7. The SMILES string of the molecule is CN(C)c1ccc2c(=O)n(-c3cccc(Br)c3)ccc2c1. The van der Waals surface area contributed by atoms with E-state index in [2.05, 4.69) is 15.9 Å². The van der Waals surface area contributed by atoms with Crippen molar-refractivity contribution in [2.45, 2.75) is 0 Å². The Bertz CT molecular complexity index is 868. The highest BCUT2D eigenvalue weighted by molar-refractivity contribution is 9.10. The molecular weight excluding hydrogens is 328 g/mol. The summed E-state index contributed by atoms with van der Waals surface area (Å²) in [4.78, 5) is 14.7. The molecule has 4 heteroatoms. The largest absolute Gasteiger partial charge is 0.378 e. The number of aromatic nitrogens is 1. The minimum absolute atomic E-state index is 0.00379. The number of nitrogens with zero attached hydrogens (tertiary/aromatic N) is 2. The van der Waals surface area contributed by atoms with E-state index in [1.54, 1.807) is 4.57 Å². The maximum Gasteiger partial charge on any atom is 0.262 e. The molecule has 3 rings (SSSR count). The smallest absolute Gasteiger partial charge is 0.262 e. The van der Waals surface area contributed by atoms with Crippen LogP contribution < -0.4 is 10.5 Å². The van der Waals surface area contributed by atoms with E-state index in [-0.39, 0.29) is 5.56 Å². The lowest BCUT2D eigenvalue weighted by Gasteiger charge is -2.13. The zero-order valence-corrected chi connectivity index (χ0v) is 13.5. The van der Waals surface area contributed by atoms with Gasteiger partial charge in [0, 0.05) is 41.5 Å². The van der Waals surface area contributed by atoms with E-state index in [0.29, 0.717) is 0 Å². The molecule has 3 aromatic rings. The number of hydrogen-bond acceptors (Lipinski definition) is 2. The van der Waals surface area contributed by atoms with Gasteiger partial charge in [0.15, 0.2) is 0 Å². The Kier molecular flexibility index (Phi) is 3.55. The minimum Gasteiger partial charge on any atom is -0.378 e. The van der Waals surface area contributed by atoms with Crippen LogP contribution in [0.4, 0.5) is 5.69 Å². The predicted octanol–water partition coefficient (Wildman–Crippen LogP) is 3.82. The second kappa shape index (κ2) is 5.37. The minimum atomic E-state index is -0.00379. The zero-order chi connectivity index (χ0) is 15.0. The second-order valence-corrected chi connectivity index (χ2v) is 6.05. The van der Waals surface area contributed by atoms with Gasteiger partial charge in [-0.25, -0.2) is 0 Å². The van der Waals surface area contributed by atoms with Crippen LogP contribution in [0.15, 0.2) is 64.0 Å². The Morgan fingerprint density at radius 1 is 1.05 bits per heavy atom. The van der Waals surface area contributed by atoms with Crippen molar-refractivity contribution in [3.63, 3.8) is 0 Å². The van der Waals surface area contributed by atoms with Crippen molar-refractivity contribution < 1.29 is 0 Å². The van der Waals surface area contributed by atoms with E-state index in [4.69, 9.17) is 0 Å². The summed E-state index contributed by atoms with van der Waals surface area (Å²) < 4.78 is 2.62. The normalized spacial score (nSPS) is 10.8. The molecule has 0 amide bonds. The Hall–Kier alpha value is -2.07. The molecule has 1 heterocycles. The van der Waals surface area contributed by atoms with Crippen molar-refractivity contribution in [2.75, 3.05) is 19.0 Å². The van der Waals surface area contributed by atoms with Gasteiger partial charge in [-0.05, 0) is 47.9 Å². The van der Waals surface area contributed by atoms with E-state index in [0.717, 1.165) is 26.6 Å². The van der Waals surface area contributed by atoms with Crippen molar-refractivity contribution in [2.24, 2.45) is 0 Å². The van der Waals surface area contributed by atoms with Crippen LogP contribution in [0.2, 0.25) is 0 Å². The zero-order valence-electron chi connectivity index (χ0n) is 11.9. The fourth-order valence-electron chi connectivity index (χ4n) is 2.34. The molecule has 21 heavy (non-hydrogen) atoms. The third-order valence-electron chi connectivity index (χ3n) is 3.49. The van der Waals surface area contributed by atoms with Gasteiger partial charge in [-0.15, -0.1) is 0 Å². The van der Waals surface area contributed by atoms with E-state index in [9.17, 15) is 4.79 Å².